The quantitative estimate of drug-likeness (QED) is 0.120. The predicted octanol–water partition coefficient (Wildman–Crippen LogP) is 9.57. The van der Waals surface area contributed by atoms with Gasteiger partial charge in [0.2, 0.25) is 0 Å². The summed E-state index contributed by atoms with van der Waals surface area (Å²) in [6, 6.07) is 8.87. The van der Waals surface area contributed by atoms with Crippen LogP contribution in [0.15, 0.2) is 47.9 Å². The third kappa shape index (κ3) is 13.0. The Balaban J connectivity index is 1.53. The zero-order valence-corrected chi connectivity index (χ0v) is 28.3. The van der Waals surface area contributed by atoms with E-state index in [-0.39, 0.29) is 11.5 Å². The number of hydrogen-bond acceptors (Lipinski definition) is 4. The first-order valence-electron chi connectivity index (χ1n) is 16.4. The first-order chi connectivity index (χ1) is 22.4. The lowest BCUT2D eigenvalue weighted by atomic mass is 9.89. The second kappa shape index (κ2) is 17.8. The molecule has 1 aliphatic carbocycles. The molecule has 1 unspecified atom stereocenters. The lowest BCUT2D eigenvalue weighted by Gasteiger charge is -2.29. The molecule has 0 aromatic heterocycles. The van der Waals surface area contributed by atoms with Gasteiger partial charge in [-0.1, -0.05) is 25.0 Å². The Morgan fingerprint density at radius 2 is 1.56 bits per heavy atom. The molecule has 2 aromatic rings. The zero-order valence-electron chi connectivity index (χ0n) is 27.5. The summed E-state index contributed by atoms with van der Waals surface area (Å²) in [6.07, 6.45) is 0.374. The number of hydrogen-bond donors (Lipinski definition) is 2. The SMILES string of the molecule is CC(C)(O)CN(CCCCCCC1=C(c2cc(F)cc(F)c2)CCCc2cc(O)ccc21)CCCS(=O)/C=C/CCC(F)(F)C(F)(F)F. The number of benzene rings is 2. The van der Waals surface area contributed by atoms with Crippen molar-refractivity contribution in [2.75, 3.05) is 25.4 Å². The maximum atomic E-state index is 14.2. The standard InChI is InChI=1S/C36H46F7NO3S/c1-34(2,46)25-44(18-10-20-48(47)19-8-6-16-35(39,40)36(41,42)43)17-7-4-3-5-12-33-31(27-21-28(37)24-29(38)22-27)13-9-11-26-23-30(45)14-15-32(26)33/h8,14-15,19,21-24,45-46H,3-7,9-13,16-18,20,25H2,1-2H3/b19-8+. The molecule has 0 spiro atoms. The van der Waals surface area contributed by atoms with Crippen LogP contribution in [0.5, 0.6) is 5.75 Å². The minimum atomic E-state index is -5.61. The number of unbranched alkanes of at least 4 members (excludes halogenated alkanes) is 3. The first kappa shape index (κ1) is 39.7. The van der Waals surface area contributed by atoms with Gasteiger partial charge < -0.3 is 15.1 Å². The second-order valence-corrected chi connectivity index (χ2v) is 14.6. The van der Waals surface area contributed by atoms with Crippen molar-refractivity contribution in [2.45, 2.75) is 102 Å². The Morgan fingerprint density at radius 1 is 0.896 bits per heavy atom. The van der Waals surface area contributed by atoms with Crippen molar-refractivity contribution in [3.8, 4) is 5.75 Å². The van der Waals surface area contributed by atoms with Gasteiger partial charge in [0, 0.05) is 35.6 Å². The molecule has 12 heteroatoms. The minimum absolute atomic E-state index is 0.180. The van der Waals surface area contributed by atoms with Crippen molar-refractivity contribution >= 4 is 21.9 Å². The van der Waals surface area contributed by atoms with Crippen molar-refractivity contribution in [3.63, 3.8) is 0 Å². The predicted molar refractivity (Wildman–Crippen MR) is 177 cm³/mol. The molecular weight excluding hydrogens is 659 g/mol. The van der Waals surface area contributed by atoms with Gasteiger partial charge >= 0.3 is 12.1 Å². The summed E-state index contributed by atoms with van der Waals surface area (Å²) in [5.41, 5.74) is 3.52. The molecule has 2 aromatic carbocycles. The van der Waals surface area contributed by atoms with Crippen LogP contribution in [0.25, 0.3) is 11.1 Å². The number of aryl methyl sites for hydroxylation is 1. The number of allylic oxidation sites excluding steroid dienone is 3. The molecule has 0 heterocycles. The second-order valence-electron chi connectivity index (χ2n) is 13.1. The van der Waals surface area contributed by atoms with E-state index in [2.05, 4.69) is 4.90 Å². The van der Waals surface area contributed by atoms with Gasteiger partial charge in [0.15, 0.2) is 0 Å². The molecule has 1 aliphatic rings. The Labute approximate surface area is 281 Å². The lowest BCUT2D eigenvalue weighted by molar-refractivity contribution is -0.283. The van der Waals surface area contributed by atoms with Crippen LogP contribution >= 0.6 is 0 Å². The van der Waals surface area contributed by atoms with E-state index in [9.17, 15) is 45.2 Å². The summed E-state index contributed by atoms with van der Waals surface area (Å²) < 4.78 is 104. The molecule has 0 bridgehead atoms. The van der Waals surface area contributed by atoms with Gasteiger partial charge in [0.1, 0.15) is 17.4 Å². The van der Waals surface area contributed by atoms with Crippen molar-refractivity contribution in [2.24, 2.45) is 0 Å². The fourth-order valence-corrected chi connectivity index (χ4v) is 6.97. The molecule has 0 aliphatic heterocycles. The Morgan fingerprint density at radius 3 is 2.23 bits per heavy atom. The summed E-state index contributed by atoms with van der Waals surface area (Å²) in [5, 5.41) is 21.6. The fraction of sp³-hybridized carbons (Fsp3) is 0.556. The number of nitrogens with zero attached hydrogens (tertiary/aromatic N) is 1. The summed E-state index contributed by atoms with van der Waals surface area (Å²) in [4.78, 5) is 2.07. The van der Waals surface area contributed by atoms with Gasteiger partial charge in [-0.15, -0.1) is 0 Å². The summed E-state index contributed by atoms with van der Waals surface area (Å²) in [6.45, 7) is 4.97. The minimum Gasteiger partial charge on any atom is -0.508 e. The van der Waals surface area contributed by atoms with E-state index in [1.54, 1.807) is 26.0 Å². The van der Waals surface area contributed by atoms with Crippen LogP contribution in [-0.2, 0) is 17.2 Å². The Bertz CT molecular complexity index is 1410. The van der Waals surface area contributed by atoms with Gasteiger partial charge in [-0.3, -0.25) is 4.21 Å². The molecule has 3 rings (SSSR count). The van der Waals surface area contributed by atoms with Gasteiger partial charge in [0.05, 0.1) is 5.60 Å². The van der Waals surface area contributed by atoms with Crippen molar-refractivity contribution in [3.05, 3.63) is 76.2 Å². The Hall–Kier alpha value is -2.70. The highest BCUT2D eigenvalue weighted by molar-refractivity contribution is 7.87. The van der Waals surface area contributed by atoms with Crippen LogP contribution in [-0.4, -0.2) is 62.4 Å². The molecule has 4 nitrogen and oxygen atoms in total. The summed E-state index contributed by atoms with van der Waals surface area (Å²) in [7, 11) is -1.52. The van der Waals surface area contributed by atoms with Gasteiger partial charge in [-0.25, -0.2) is 8.78 Å². The van der Waals surface area contributed by atoms with E-state index >= 15 is 0 Å². The van der Waals surface area contributed by atoms with Crippen molar-refractivity contribution in [1.29, 1.82) is 0 Å². The number of phenols is 1. The molecule has 0 radical (unpaired) electrons. The molecule has 0 amide bonds. The molecule has 0 fully saturated rings. The lowest BCUT2D eigenvalue weighted by Crippen LogP contribution is -2.40. The molecule has 1 atom stereocenters. The molecule has 268 valence electrons. The van der Waals surface area contributed by atoms with E-state index in [1.807, 2.05) is 6.07 Å². The normalized spacial score (nSPS) is 15.3. The van der Waals surface area contributed by atoms with E-state index in [1.165, 1.54) is 12.1 Å². The summed E-state index contributed by atoms with van der Waals surface area (Å²) >= 11 is 0. The van der Waals surface area contributed by atoms with Crippen molar-refractivity contribution < 1.29 is 45.2 Å². The molecule has 0 saturated heterocycles. The van der Waals surface area contributed by atoms with Crippen LogP contribution in [0.1, 0.15) is 94.7 Å². The largest absolute Gasteiger partial charge is 0.508 e. The monoisotopic (exact) mass is 705 g/mol. The summed E-state index contributed by atoms with van der Waals surface area (Å²) in [5.74, 6) is -5.65. The van der Waals surface area contributed by atoms with Crippen molar-refractivity contribution in [1.82, 2.24) is 4.90 Å². The molecule has 48 heavy (non-hydrogen) atoms. The number of halogens is 7. The molecule has 0 saturated carbocycles. The van der Waals surface area contributed by atoms with E-state index in [4.69, 9.17) is 0 Å². The van der Waals surface area contributed by atoms with Crippen LogP contribution in [0, 0.1) is 11.6 Å². The maximum absolute atomic E-state index is 14.2. The highest BCUT2D eigenvalue weighted by Crippen LogP contribution is 2.40. The average molecular weight is 706 g/mol. The number of aromatic hydroxyl groups is 1. The number of phenolic OH excluding ortho intramolecular Hbond substituents is 1. The maximum Gasteiger partial charge on any atom is 0.453 e. The van der Waals surface area contributed by atoms with E-state index in [0.29, 0.717) is 44.5 Å². The third-order valence-corrected chi connectivity index (χ3v) is 9.42. The average Bonchev–Trinajstić information content (AvgIpc) is 3.14. The highest BCUT2D eigenvalue weighted by Gasteiger charge is 2.56. The van der Waals surface area contributed by atoms with Crippen LogP contribution < -0.4 is 0 Å². The molecule has 2 N–H and O–H groups in total. The van der Waals surface area contributed by atoms with Gasteiger partial charge in [0.25, 0.3) is 0 Å². The molecular formula is C36H46F7NO3S. The van der Waals surface area contributed by atoms with Gasteiger partial charge in [-0.05, 0) is 136 Å². The smallest absolute Gasteiger partial charge is 0.453 e. The van der Waals surface area contributed by atoms with Crippen LogP contribution in [0.4, 0.5) is 30.7 Å². The topological polar surface area (TPSA) is 60.8 Å². The van der Waals surface area contributed by atoms with E-state index < -0.39 is 53.0 Å². The fourth-order valence-electron chi connectivity index (χ4n) is 6.07. The van der Waals surface area contributed by atoms with E-state index in [0.717, 1.165) is 78.3 Å². The zero-order chi connectivity index (χ0) is 35.5. The third-order valence-electron chi connectivity index (χ3n) is 8.23. The Kier molecular flexibility index (Phi) is 14.7. The van der Waals surface area contributed by atoms with Crippen LogP contribution in [0.2, 0.25) is 0 Å². The highest BCUT2D eigenvalue weighted by atomic mass is 32.2. The number of alkyl halides is 5. The van der Waals surface area contributed by atoms with Gasteiger partial charge in [-0.2, -0.15) is 22.0 Å². The number of fused-ring (bicyclic) bond motifs is 1. The van der Waals surface area contributed by atoms with Crippen LogP contribution in [0.3, 0.4) is 0 Å². The number of aliphatic hydroxyl groups is 1. The number of rotatable bonds is 18. The first-order valence-corrected chi connectivity index (χ1v) is 17.8.